The van der Waals surface area contributed by atoms with E-state index in [2.05, 4.69) is 50.2 Å². The lowest BCUT2D eigenvalue weighted by molar-refractivity contribution is 0.365. The van der Waals surface area contributed by atoms with Crippen molar-refractivity contribution in [1.82, 2.24) is 20.0 Å². The number of halogens is 1. The van der Waals surface area contributed by atoms with Gasteiger partial charge in [0.1, 0.15) is 0 Å². The van der Waals surface area contributed by atoms with Crippen LogP contribution in [0.25, 0.3) is 0 Å². The molecule has 1 rings (SSSR count). The quantitative estimate of drug-likeness (QED) is 0.796. The molecule has 0 saturated carbocycles. The molecule has 110 valence electrons. The maximum atomic E-state index is 6.25. The number of hydrogen-bond donors (Lipinski definition) is 1. The van der Waals surface area contributed by atoms with E-state index in [0.717, 1.165) is 36.8 Å². The lowest BCUT2D eigenvalue weighted by Gasteiger charge is -2.17. The second kappa shape index (κ2) is 7.88. The molecular formula is C14H27ClN4. The molecule has 4 nitrogen and oxygen atoms in total. The van der Waals surface area contributed by atoms with E-state index in [1.807, 2.05) is 4.68 Å². The fraction of sp³-hybridized carbons (Fsp3) is 0.786. The Morgan fingerprint density at radius 2 is 2.05 bits per heavy atom. The molecule has 0 aliphatic heterocycles. The van der Waals surface area contributed by atoms with Crippen LogP contribution in [0.15, 0.2) is 6.20 Å². The van der Waals surface area contributed by atoms with E-state index in [9.17, 15) is 0 Å². The molecule has 1 unspecified atom stereocenters. The van der Waals surface area contributed by atoms with E-state index in [-0.39, 0.29) is 0 Å². The summed E-state index contributed by atoms with van der Waals surface area (Å²) >= 11 is 6.25. The van der Waals surface area contributed by atoms with Gasteiger partial charge in [0.2, 0.25) is 0 Å². The van der Waals surface area contributed by atoms with Gasteiger partial charge in [-0.15, -0.1) is 0 Å². The summed E-state index contributed by atoms with van der Waals surface area (Å²) in [6.07, 6.45) is 2.72. The predicted molar refractivity (Wildman–Crippen MR) is 81.8 cm³/mol. The lowest BCUT2D eigenvalue weighted by Crippen LogP contribution is -2.29. The minimum Gasteiger partial charge on any atom is -0.314 e. The lowest BCUT2D eigenvalue weighted by atomic mass is 10.1. The van der Waals surface area contributed by atoms with E-state index in [1.54, 1.807) is 6.20 Å². The largest absolute Gasteiger partial charge is 0.314 e. The van der Waals surface area contributed by atoms with Crippen molar-refractivity contribution in [2.45, 2.75) is 39.8 Å². The highest BCUT2D eigenvalue weighted by molar-refractivity contribution is 6.31. The van der Waals surface area contributed by atoms with Gasteiger partial charge in [0.15, 0.2) is 0 Å². The SMILES string of the molecule is CC(CNC(C)C)Cc1c(Cl)cnn1CCN(C)C. The molecule has 0 spiro atoms. The number of rotatable bonds is 8. The van der Waals surface area contributed by atoms with Crippen LogP contribution >= 0.6 is 11.6 Å². The van der Waals surface area contributed by atoms with E-state index >= 15 is 0 Å². The Morgan fingerprint density at radius 3 is 2.63 bits per heavy atom. The molecular weight excluding hydrogens is 260 g/mol. The van der Waals surface area contributed by atoms with Crippen LogP contribution in [0.5, 0.6) is 0 Å². The topological polar surface area (TPSA) is 33.1 Å². The Bertz CT molecular complexity index is 374. The average Bonchev–Trinajstić information content (AvgIpc) is 2.66. The zero-order valence-electron chi connectivity index (χ0n) is 12.8. The monoisotopic (exact) mass is 286 g/mol. The van der Waals surface area contributed by atoms with Gasteiger partial charge in [0.25, 0.3) is 0 Å². The Hall–Kier alpha value is -0.580. The standard InChI is InChI=1S/C14H27ClN4/c1-11(2)16-9-12(3)8-14-13(15)10-17-19(14)7-6-18(4)5/h10-12,16H,6-9H2,1-5H3. The summed E-state index contributed by atoms with van der Waals surface area (Å²) in [5.74, 6) is 0.551. The Kier molecular flexibility index (Phi) is 6.83. The molecule has 0 aliphatic rings. The zero-order chi connectivity index (χ0) is 14.4. The fourth-order valence-corrected chi connectivity index (χ4v) is 2.14. The first kappa shape index (κ1) is 16.5. The van der Waals surface area contributed by atoms with E-state index in [4.69, 9.17) is 11.6 Å². The van der Waals surface area contributed by atoms with Crippen LogP contribution in [-0.2, 0) is 13.0 Å². The highest BCUT2D eigenvalue weighted by Gasteiger charge is 2.13. The summed E-state index contributed by atoms with van der Waals surface area (Å²) in [6, 6.07) is 0.525. The molecule has 1 heterocycles. The Morgan fingerprint density at radius 1 is 1.37 bits per heavy atom. The predicted octanol–water partition coefficient (Wildman–Crippen LogP) is 2.27. The second-order valence-corrected chi connectivity index (χ2v) is 6.25. The Labute approximate surface area is 122 Å². The van der Waals surface area contributed by atoms with Gasteiger partial charge in [-0.2, -0.15) is 5.10 Å². The molecule has 0 bridgehead atoms. The molecule has 0 radical (unpaired) electrons. The van der Waals surface area contributed by atoms with Crippen LogP contribution in [0.2, 0.25) is 5.02 Å². The first-order valence-corrected chi connectivity index (χ1v) is 7.36. The number of nitrogens with one attached hydrogen (secondary N) is 1. The van der Waals surface area contributed by atoms with Crippen LogP contribution in [-0.4, -0.2) is 47.9 Å². The first-order chi connectivity index (χ1) is 8.90. The van der Waals surface area contributed by atoms with Gasteiger partial charge in [-0.05, 0) is 33.0 Å². The van der Waals surface area contributed by atoms with Crippen molar-refractivity contribution in [1.29, 1.82) is 0 Å². The van der Waals surface area contributed by atoms with Crippen LogP contribution < -0.4 is 5.32 Å². The van der Waals surface area contributed by atoms with Crippen LogP contribution in [0, 0.1) is 5.92 Å². The van der Waals surface area contributed by atoms with E-state index < -0.39 is 0 Å². The number of likely N-dealkylation sites (N-methyl/N-ethyl adjacent to an activating group) is 1. The highest BCUT2D eigenvalue weighted by atomic mass is 35.5. The fourth-order valence-electron chi connectivity index (χ4n) is 1.92. The average molecular weight is 287 g/mol. The zero-order valence-corrected chi connectivity index (χ0v) is 13.5. The van der Waals surface area contributed by atoms with Gasteiger partial charge in [-0.3, -0.25) is 4.68 Å². The van der Waals surface area contributed by atoms with Crippen molar-refractivity contribution < 1.29 is 0 Å². The number of hydrogen-bond acceptors (Lipinski definition) is 3. The van der Waals surface area contributed by atoms with E-state index in [1.165, 1.54) is 0 Å². The van der Waals surface area contributed by atoms with Crippen molar-refractivity contribution in [3.05, 3.63) is 16.9 Å². The smallest absolute Gasteiger partial charge is 0.0817 e. The maximum absolute atomic E-state index is 6.25. The van der Waals surface area contributed by atoms with Gasteiger partial charge in [-0.1, -0.05) is 32.4 Å². The molecule has 1 N–H and O–H groups in total. The molecule has 0 aliphatic carbocycles. The van der Waals surface area contributed by atoms with Gasteiger partial charge in [-0.25, -0.2) is 0 Å². The van der Waals surface area contributed by atoms with Crippen LogP contribution in [0.4, 0.5) is 0 Å². The Balaban J connectivity index is 2.58. The molecule has 1 aromatic rings. The van der Waals surface area contributed by atoms with Crippen LogP contribution in [0.3, 0.4) is 0 Å². The summed E-state index contributed by atoms with van der Waals surface area (Å²) in [5.41, 5.74) is 1.15. The molecule has 1 aromatic heterocycles. The van der Waals surface area contributed by atoms with Gasteiger partial charge >= 0.3 is 0 Å². The molecule has 0 aromatic carbocycles. The van der Waals surface area contributed by atoms with E-state index in [0.29, 0.717) is 12.0 Å². The molecule has 19 heavy (non-hydrogen) atoms. The van der Waals surface area contributed by atoms with Gasteiger partial charge in [0, 0.05) is 12.6 Å². The summed E-state index contributed by atoms with van der Waals surface area (Å²) < 4.78 is 2.04. The summed E-state index contributed by atoms with van der Waals surface area (Å²) in [6.45, 7) is 9.45. The summed E-state index contributed by atoms with van der Waals surface area (Å²) in [7, 11) is 4.14. The minimum atomic E-state index is 0.525. The summed E-state index contributed by atoms with van der Waals surface area (Å²) in [4.78, 5) is 2.16. The molecule has 5 heteroatoms. The minimum absolute atomic E-state index is 0.525. The van der Waals surface area contributed by atoms with Gasteiger partial charge in [0.05, 0.1) is 23.5 Å². The molecule has 1 atom stereocenters. The maximum Gasteiger partial charge on any atom is 0.0817 e. The third-order valence-corrected chi connectivity index (χ3v) is 3.39. The number of aromatic nitrogens is 2. The summed E-state index contributed by atoms with van der Waals surface area (Å²) in [5, 5.41) is 8.63. The third kappa shape index (κ3) is 5.93. The van der Waals surface area contributed by atoms with Gasteiger partial charge < -0.3 is 10.2 Å². The van der Waals surface area contributed by atoms with Crippen molar-refractivity contribution in [2.24, 2.45) is 5.92 Å². The van der Waals surface area contributed by atoms with Crippen molar-refractivity contribution in [3.63, 3.8) is 0 Å². The second-order valence-electron chi connectivity index (χ2n) is 5.84. The van der Waals surface area contributed by atoms with Crippen molar-refractivity contribution >= 4 is 11.6 Å². The van der Waals surface area contributed by atoms with Crippen LogP contribution in [0.1, 0.15) is 26.5 Å². The molecule has 0 amide bonds. The highest BCUT2D eigenvalue weighted by Crippen LogP contribution is 2.19. The molecule has 0 fully saturated rings. The number of nitrogens with zero attached hydrogens (tertiary/aromatic N) is 3. The van der Waals surface area contributed by atoms with Crippen molar-refractivity contribution in [3.8, 4) is 0 Å². The van der Waals surface area contributed by atoms with Crippen molar-refractivity contribution in [2.75, 3.05) is 27.2 Å². The normalized spacial score (nSPS) is 13.5. The first-order valence-electron chi connectivity index (χ1n) is 6.98. The third-order valence-electron chi connectivity index (χ3n) is 3.07. The molecule has 0 saturated heterocycles.